The number of hydrogen-bond donors (Lipinski definition) is 0. The van der Waals surface area contributed by atoms with E-state index < -0.39 is 0 Å². The van der Waals surface area contributed by atoms with Crippen LogP contribution in [-0.2, 0) is 6.42 Å². The zero-order valence-corrected chi connectivity index (χ0v) is 29.7. The van der Waals surface area contributed by atoms with Gasteiger partial charge in [0, 0.05) is 45.0 Å². The lowest BCUT2D eigenvalue weighted by molar-refractivity contribution is 1.07. The lowest BCUT2D eigenvalue weighted by Gasteiger charge is -2.15. The van der Waals surface area contributed by atoms with Crippen LogP contribution in [0.25, 0.3) is 77.2 Å². The molecule has 10 aromatic rings. The average Bonchev–Trinajstić information content (AvgIpc) is 3.73. The van der Waals surface area contributed by atoms with E-state index in [4.69, 9.17) is 4.98 Å². The van der Waals surface area contributed by atoms with Gasteiger partial charge in [-0.3, -0.25) is 4.98 Å². The quantitative estimate of drug-likeness (QED) is 0.174. The number of fused-ring (bicyclic) bond motifs is 6. The monoisotopic (exact) mass is 690 g/mol. The van der Waals surface area contributed by atoms with E-state index in [-0.39, 0.29) is 0 Å². The molecule has 0 atom stereocenters. The minimum Gasteiger partial charge on any atom is -0.309 e. The van der Waals surface area contributed by atoms with E-state index in [0.717, 1.165) is 38.9 Å². The molecule has 0 radical (unpaired) electrons. The summed E-state index contributed by atoms with van der Waals surface area (Å²) in [5, 5.41) is 14.4. The molecule has 0 saturated heterocycles. The van der Waals surface area contributed by atoms with E-state index in [1.807, 2.05) is 30.5 Å². The summed E-state index contributed by atoms with van der Waals surface area (Å²) in [6.07, 6.45) is 2.66. The Hall–Kier alpha value is -7.22. The topological polar surface area (TPSA) is 46.5 Å². The van der Waals surface area contributed by atoms with Gasteiger partial charge in [0.2, 0.25) is 0 Å². The van der Waals surface area contributed by atoms with Crippen LogP contribution in [0.1, 0.15) is 22.4 Å². The molecule has 0 bridgehead atoms. The number of rotatable bonds is 6. The molecule has 0 unspecified atom stereocenters. The summed E-state index contributed by atoms with van der Waals surface area (Å²) in [7, 11) is 0. The SMILES string of the molecule is Cc1ccccc1-c1cc(-c2ccc3c(c2)c2ccccc2n3-c2ccccc2)ccc1Cc1cc2c3cc(C#N)ccc3n(-c3ccccc3)c2cn1. The van der Waals surface area contributed by atoms with Crippen LogP contribution in [0.3, 0.4) is 0 Å². The van der Waals surface area contributed by atoms with Gasteiger partial charge >= 0.3 is 0 Å². The number of nitrogens with zero attached hydrogens (tertiary/aromatic N) is 4. The minimum absolute atomic E-state index is 0.646. The number of hydrogen-bond acceptors (Lipinski definition) is 2. The van der Waals surface area contributed by atoms with Crippen LogP contribution in [0, 0.1) is 18.3 Å². The molecule has 0 amide bonds. The van der Waals surface area contributed by atoms with Crippen LogP contribution in [0.15, 0.2) is 176 Å². The van der Waals surface area contributed by atoms with E-state index in [1.54, 1.807) is 0 Å². The van der Waals surface area contributed by atoms with E-state index >= 15 is 0 Å². The van der Waals surface area contributed by atoms with Gasteiger partial charge in [0.05, 0.1) is 39.9 Å². The van der Waals surface area contributed by atoms with Gasteiger partial charge in [-0.05, 0) is 113 Å². The third-order valence-electron chi connectivity index (χ3n) is 10.8. The summed E-state index contributed by atoms with van der Waals surface area (Å²) >= 11 is 0. The highest BCUT2D eigenvalue weighted by Gasteiger charge is 2.18. The van der Waals surface area contributed by atoms with Crippen molar-refractivity contribution in [3.05, 3.63) is 198 Å². The molecule has 4 heteroatoms. The van der Waals surface area contributed by atoms with Crippen molar-refractivity contribution in [2.75, 3.05) is 0 Å². The lowest BCUT2D eigenvalue weighted by Crippen LogP contribution is -1.98. The van der Waals surface area contributed by atoms with Crippen molar-refractivity contribution in [1.29, 1.82) is 5.26 Å². The smallest absolute Gasteiger partial charge is 0.0991 e. The first-order chi connectivity index (χ1) is 26.6. The van der Waals surface area contributed by atoms with E-state index in [9.17, 15) is 5.26 Å². The molecule has 0 saturated carbocycles. The normalized spacial score (nSPS) is 11.5. The number of nitriles is 1. The number of para-hydroxylation sites is 3. The van der Waals surface area contributed by atoms with Crippen LogP contribution in [0.4, 0.5) is 0 Å². The third-order valence-corrected chi connectivity index (χ3v) is 10.8. The fourth-order valence-corrected chi connectivity index (χ4v) is 8.22. The van der Waals surface area contributed by atoms with Crippen molar-refractivity contribution < 1.29 is 0 Å². The van der Waals surface area contributed by atoms with Crippen LogP contribution in [-0.4, -0.2) is 14.1 Å². The van der Waals surface area contributed by atoms with Gasteiger partial charge in [-0.1, -0.05) is 97.1 Å². The predicted octanol–water partition coefficient (Wildman–Crippen LogP) is 12.4. The molecule has 0 spiro atoms. The Labute approximate surface area is 313 Å². The Morgan fingerprint density at radius 2 is 1.09 bits per heavy atom. The van der Waals surface area contributed by atoms with Crippen molar-refractivity contribution in [3.63, 3.8) is 0 Å². The molecule has 0 aliphatic carbocycles. The zero-order chi connectivity index (χ0) is 36.2. The molecule has 10 rings (SSSR count). The van der Waals surface area contributed by atoms with Crippen molar-refractivity contribution >= 4 is 43.6 Å². The second-order valence-electron chi connectivity index (χ2n) is 14.0. The molecule has 0 N–H and O–H groups in total. The van der Waals surface area contributed by atoms with Crippen molar-refractivity contribution in [3.8, 4) is 39.7 Å². The maximum Gasteiger partial charge on any atom is 0.0991 e. The molecule has 3 heterocycles. The van der Waals surface area contributed by atoms with Gasteiger partial charge in [0.15, 0.2) is 0 Å². The number of aryl methyl sites for hydroxylation is 1. The largest absolute Gasteiger partial charge is 0.309 e. The molecular formula is C50H34N4. The van der Waals surface area contributed by atoms with Gasteiger partial charge < -0.3 is 9.13 Å². The van der Waals surface area contributed by atoms with Gasteiger partial charge in [0.25, 0.3) is 0 Å². The summed E-state index contributed by atoms with van der Waals surface area (Å²) in [6.45, 7) is 2.19. The summed E-state index contributed by atoms with van der Waals surface area (Å²) in [5.74, 6) is 0. The van der Waals surface area contributed by atoms with Crippen molar-refractivity contribution in [2.24, 2.45) is 0 Å². The summed E-state index contributed by atoms with van der Waals surface area (Å²) < 4.78 is 4.60. The van der Waals surface area contributed by atoms with E-state index in [1.165, 1.54) is 55.2 Å². The molecule has 0 aliphatic heterocycles. The first-order valence-corrected chi connectivity index (χ1v) is 18.3. The third kappa shape index (κ3) is 5.18. The highest BCUT2D eigenvalue weighted by Crippen LogP contribution is 2.38. The molecule has 54 heavy (non-hydrogen) atoms. The molecule has 4 nitrogen and oxygen atoms in total. The van der Waals surface area contributed by atoms with E-state index in [2.05, 4.69) is 168 Å². The summed E-state index contributed by atoms with van der Waals surface area (Å²) in [6, 6.07) is 62.5. The Morgan fingerprint density at radius 3 is 1.85 bits per heavy atom. The lowest BCUT2D eigenvalue weighted by atomic mass is 9.90. The number of pyridine rings is 1. The van der Waals surface area contributed by atoms with Crippen molar-refractivity contribution in [1.82, 2.24) is 14.1 Å². The maximum absolute atomic E-state index is 9.79. The first kappa shape index (κ1) is 31.5. The molecule has 3 aromatic heterocycles. The average molecular weight is 691 g/mol. The Morgan fingerprint density at radius 1 is 0.500 bits per heavy atom. The molecular weight excluding hydrogens is 657 g/mol. The molecule has 254 valence electrons. The van der Waals surface area contributed by atoms with E-state index in [0.29, 0.717) is 12.0 Å². The fourth-order valence-electron chi connectivity index (χ4n) is 8.22. The minimum atomic E-state index is 0.646. The van der Waals surface area contributed by atoms with Gasteiger partial charge in [-0.25, -0.2) is 0 Å². The first-order valence-electron chi connectivity index (χ1n) is 18.3. The van der Waals surface area contributed by atoms with Gasteiger partial charge in [-0.15, -0.1) is 0 Å². The summed E-state index contributed by atoms with van der Waals surface area (Å²) in [4.78, 5) is 5.07. The second-order valence-corrected chi connectivity index (χ2v) is 14.0. The number of benzene rings is 7. The fraction of sp³-hybridized carbons (Fsp3) is 0.0400. The Balaban J connectivity index is 1.11. The van der Waals surface area contributed by atoms with Gasteiger partial charge in [-0.2, -0.15) is 5.26 Å². The van der Waals surface area contributed by atoms with Crippen LogP contribution < -0.4 is 0 Å². The highest BCUT2D eigenvalue weighted by molar-refractivity contribution is 6.11. The predicted molar refractivity (Wildman–Crippen MR) is 222 cm³/mol. The summed E-state index contributed by atoms with van der Waals surface area (Å²) in [5.41, 5.74) is 15.6. The Bertz CT molecular complexity index is 3090. The highest BCUT2D eigenvalue weighted by atomic mass is 15.0. The van der Waals surface area contributed by atoms with Crippen LogP contribution in [0.2, 0.25) is 0 Å². The Kier molecular flexibility index (Phi) is 7.45. The second kappa shape index (κ2) is 12.8. The standard InChI is InChI=1S/C50H34N4/c1-33-12-8-9-17-41(33)43-28-35(36-23-25-49-45(29-36)42-18-10-11-19-47(42)53(49)39-13-4-2-5-14-39)21-22-37(43)27-38-30-46-44-26-34(31-51)20-24-48(44)54(50(46)32-52-38)40-15-6-3-7-16-40/h2-26,28-30,32H,27H2,1H3. The molecule has 0 fully saturated rings. The van der Waals surface area contributed by atoms with Gasteiger partial charge in [0.1, 0.15) is 0 Å². The van der Waals surface area contributed by atoms with Crippen LogP contribution in [0.5, 0.6) is 0 Å². The molecule has 0 aliphatic rings. The maximum atomic E-state index is 9.79. The van der Waals surface area contributed by atoms with Crippen LogP contribution >= 0.6 is 0 Å². The molecule has 7 aromatic carbocycles. The zero-order valence-electron chi connectivity index (χ0n) is 29.7. The number of aromatic nitrogens is 3. The van der Waals surface area contributed by atoms with Crippen molar-refractivity contribution in [2.45, 2.75) is 13.3 Å².